The Balaban J connectivity index is 1.38. The number of nitrogens with one attached hydrogen (secondary N) is 1. The third-order valence-electron chi connectivity index (χ3n) is 4.96. The van der Waals surface area contributed by atoms with E-state index in [4.69, 9.17) is 0 Å². The Morgan fingerprint density at radius 2 is 2.04 bits per heavy atom. The predicted octanol–water partition coefficient (Wildman–Crippen LogP) is 2.59. The van der Waals surface area contributed by atoms with E-state index in [1.807, 2.05) is 19.2 Å². The Bertz CT molecular complexity index is 1040. The Labute approximate surface area is 162 Å². The molecule has 1 saturated heterocycles. The fourth-order valence-corrected chi connectivity index (χ4v) is 5.31. The van der Waals surface area contributed by atoms with Gasteiger partial charge in [0.2, 0.25) is 10.0 Å². The van der Waals surface area contributed by atoms with Crippen molar-refractivity contribution in [3.8, 4) is 0 Å². The molecule has 9 heteroatoms. The van der Waals surface area contributed by atoms with Gasteiger partial charge in [-0.15, -0.1) is 0 Å². The van der Waals surface area contributed by atoms with Gasteiger partial charge in [0.15, 0.2) is 0 Å². The van der Waals surface area contributed by atoms with Gasteiger partial charge in [-0.05, 0) is 49.9 Å². The van der Waals surface area contributed by atoms with Crippen molar-refractivity contribution in [3.63, 3.8) is 0 Å². The molecule has 0 atom stereocenters. The van der Waals surface area contributed by atoms with Crippen molar-refractivity contribution in [1.29, 1.82) is 0 Å². The Hall–Kier alpha value is -2.10. The van der Waals surface area contributed by atoms with Crippen LogP contribution in [0.5, 0.6) is 0 Å². The van der Waals surface area contributed by atoms with Crippen molar-refractivity contribution < 1.29 is 8.42 Å². The zero-order chi connectivity index (χ0) is 18.9. The number of hydrogen-bond donors (Lipinski definition) is 1. The monoisotopic (exact) mass is 403 g/mol. The van der Waals surface area contributed by atoms with E-state index >= 15 is 0 Å². The number of fused-ring (bicyclic) bond motifs is 1. The van der Waals surface area contributed by atoms with Crippen LogP contribution in [0.2, 0.25) is 0 Å². The van der Waals surface area contributed by atoms with Gasteiger partial charge in [0.1, 0.15) is 15.9 Å². The minimum Gasteiger partial charge on any atom is -0.371 e. The van der Waals surface area contributed by atoms with Crippen molar-refractivity contribution in [2.24, 2.45) is 5.92 Å². The number of aromatic nitrogens is 3. The SMILES string of the molecule is Cc1cc(N2CCC(CNS(=O)(=O)c3cccc4nsnc34)CC2)ccn1. The molecule has 1 fully saturated rings. The largest absolute Gasteiger partial charge is 0.371 e. The van der Waals surface area contributed by atoms with Crippen LogP contribution in [0.4, 0.5) is 5.69 Å². The lowest BCUT2D eigenvalue weighted by molar-refractivity contribution is 0.402. The maximum atomic E-state index is 12.7. The van der Waals surface area contributed by atoms with Crippen molar-refractivity contribution in [2.75, 3.05) is 24.5 Å². The van der Waals surface area contributed by atoms with Crippen LogP contribution in [0.25, 0.3) is 11.0 Å². The van der Waals surface area contributed by atoms with Crippen molar-refractivity contribution in [3.05, 3.63) is 42.2 Å². The molecule has 1 N–H and O–H groups in total. The first kappa shape index (κ1) is 18.3. The fraction of sp³-hybridized carbons (Fsp3) is 0.389. The molecule has 2 aromatic heterocycles. The minimum atomic E-state index is -3.60. The summed E-state index contributed by atoms with van der Waals surface area (Å²) in [4.78, 5) is 6.78. The molecule has 7 nitrogen and oxygen atoms in total. The third kappa shape index (κ3) is 3.95. The number of nitrogens with zero attached hydrogens (tertiary/aromatic N) is 4. The summed E-state index contributed by atoms with van der Waals surface area (Å²) in [5.74, 6) is 0.326. The summed E-state index contributed by atoms with van der Waals surface area (Å²) in [5.41, 5.74) is 3.25. The van der Waals surface area contributed by atoms with E-state index in [1.165, 1.54) is 5.69 Å². The lowest BCUT2D eigenvalue weighted by Crippen LogP contribution is -2.38. The number of pyridine rings is 1. The van der Waals surface area contributed by atoms with E-state index in [2.05, 4.69) is 29.4 Å². The molecule has 0 saturated carbocycles. The summed E-state index contributed by atoms with van der Waals surface area (Å²) in [6.07, 6.45) is 3.73. The molecule has 1 aromatic carbocycles. The van der Waals surface area contributed by atoms with E-state index in [9.17, 15) is 8.42 Å². The molecular formula is C18H21N5O2S2. The van der Waals surface area contributed by atoms with E-state index in [0.717, 1.165) is 43.4 Å². The van der Waals surface area contributed by atoms with Crippen molar-refractivity contribution in [2.45, 2.75) is 24.7 Å². The Morgan fingerprint density at radius 3 is 2.81 bits per heavy atom. The molecule has 0 radical (unpaired) electrons. The van der Waals surface area contributed by atoms with Crippen LogP contribution in [0.3, 0.4) is 0 Å². The molecule has 0 aliphatic carbocycles. The van der Waals surface area contributed by atoms with Gasteiger partial charge in [-0.2, -0.15) is 8.75 Å². The van der Waals surface area contributed by atoms with Gasteiger partial charge < -0.3 is 4.90 Å². The van der Waals surface area contributed by atoms with Crippen molar-refractivity contribution in [1.82, 2.24) is 18.5 Å². The highest BCUT2D eigenvalue weighted by atomic mass is 32.2. The van der Waals surface area contributed by atoms with Gasteiger partial charge in [0.25, 0.3) is 0 Å². The standard InChI is InChI=1S/C18H21N5O2S2/c1-13-11-15(5-8-19-13)23-9-6-14(7-10-23)12-20-27(24,25)17-4-2-3-16-18(17)22-26-21-16/h2-5,8,11,14,20H,6-7,9-10,12H2,1H3. The quantitative estimate of drug-likeness (QED) is 0.704. The molecule has 3 aromatic rings. The van der Waals surface area contributed by atoms with E-state index in [1.54, 1.807) is 18.2 Å². The van der Waals surface area contributed by atoms with Crippen LogP contribution in [-0.4, -0.2) is 41.8 Å². The number of anilines is 1. The van der Waals surface area contributed by atoms with Crippen LogP contribution in [0.15, 0.2) is 41.4 Å². The summed E-state index contributed by atoms with van der Waals surface area (Å²) in [6, 6.07) is 9.17. The van der Waals surface area contributed by atoms with Crippen LogP contribution in [0, 0.1) is 12.8 Å². The van der Waals surface area contributed by atoms with Crippen LogP contribution in [0.1, 0.15) is 18.5 Å². The highest BCUT2D eigenvalue weighted by Gasteiger charge is 2.24. The smallest absolute Gasteiger partial charge is 0.242 e. The second-order valence-corrected chi connectivity index (χ2v) is 9.09. The lowest BCUT2D eigenvalue weighted by Gasteiger charge is -2.33. The predicted molar refractivity (Wildman–Crippen MR) is 107 cm³/mol. The number of benzene rings is 1. The second kappa shape index (κ2) is 7.49. The summed E-state index contributed by atoms with van der Waals surface area (Å²) < 4.78 is 36.5. The maximum absolute atomic E-state index is 12.7. The molecule has 1 aliphatic rings. The van der Waals surface area contributed by atoms with Gasteiger partial charge in [0, 0.05) is 37.2 Å². The molecule has 0 amide bonds. The average Bonchev–Trinajstić information content (AvgIpc) is 3.15. The third-order valence-corrected chi connectivity index (χ3v) is 6.96. The van der Waals surface area contributed by atoms with E-state index in [0.29, 0.717) is 23.5 Å². The molecule has 3 heterocycles. The lowest BCUT2D eigenvalue weighted by atomic mass is 9.97. The van der Waals surface area contributed by atoms with Crippen LogP contribution < -0.4 is 9.62 Å². The summed E-state index contributed by atoms with van der Waals surface area (Å²) in [6.45, 7) is 4.27. The highest BCUT2D eigenvalue weighted by molar-refractivity contribution is 7.89. The highest BCUT2D eigenvalue weighted by Crippen LogP contribution is 2.24. The van der Waals surface area contributed by atoms with E-state index in [-0.39, 0.29) is 4.90 Å². The molecule has 142 valence electrons. The van der Waals surface area contributed by atoms with Gasteiger partial charge >= 0.3 is 0 Å². The maximum Gasteiger partial charge on any atom is 0.242 e. The van der Waals surface area contributed by atoms with E-state index < -0.39 is 10.0 Å². The van der Waals surface area contributed by atoms with Gasteiger partial charge in [-0.1, -0.05) is 6.07 Å². The summed E-state index contributed by atoms with van der Waals surface area (Å²) in [7, 11) is -3.60. The number of sulfonamides is 1. The average molecular weight is 404 g/mol. The fourth-order valence-electron chi connectivity index (χ4n) is 3.43. The number of aryl methyl sites for hydroxylation is 1. The molecule has 4 rings (SSSR count). The Morgan fingerprint density at radius 1 is 1.22 bits per heavy atom. The van der Waals surface area contributed by atoms with Gasteiger partial charge in [0.05, 0.1) is 11.7 Å². The summed E-state index contributed by atoms with van der Waals surface area (Å²) in [5, 5.41) is 0. The molecular weight excluding hydrogens is 382 g/mol. The molecule has 0 unspecified atom stereocenters. The zero-order valence-electron chi connectivity index (χ0n) is 15.0. The molecule has 27 heavy (non-hydrogen) atoms. The first-order valence-electron chi connectivity index (χ1n) is 8.91. The first-order valence-corrected chi connectivity index (χ1v) is 11.1. The summed E-state index contributed by atoms with van der Waals surface area (Å²) >= 11 is 1.03. The molecule has 1 aliphatic heterocycles. The Kier molecular flexibility index (Phi) is 5.07. The first-order chi connectivity index (χ1) is 13.0. The number of rotatable bonds is 5. The number of piperidine rings is 1. The van der Waals surface area contributed by atoms with Crippen LogP contribution >= 0.6 is 11.7 Å². The topological polar surface area (TPSA) is 88.1 Å². The normalized spacial score (nSPS) is 16.1. The molecule has 0 spiro atoms. The van der Waals surface area contributed by atoms with Gasteiger partial charge in [-0.3, -0.25) is 4.98 Å². The van der Waals surface area contributed by atoms with Gasteiger partial charge in [-0.25, -0.2) is 13.1 Å². The van der Waals surface area contributed by atoms with Crippen LogP contribution in [-0.2, 0) is 10.0 Å². The molecule has 0 bridgehead atoms. The van der Waals surface area contributed by atoms with Crippen molar-refractivity contribution >= 4 is 38.5 Å². The minimum absolute atomic E-state index is 0.207. The zero-order valence-corrected chi connectivity index (χ0v) is 16.6. The second-order valence-electron chi connectivity index (χ2n) is 6.83. The number of hydrogen-bond acceptors (Lipinski definition) is 7.